The van der Waals surface area contributed by atoms with Gasteiger partial charge in [-0.1, -0.05) is 26.3 Å². The van der Waals surface area contributed by atoms with Crippen LogP contribution in [-0.4, -0.2) is 175 Å². The predicted molar refractivity (Wildman–Crippen MR) is 300 cm³/mol. The first-order valence-corrected chi connectivity index (χ1v) is 26.5. The largest absolute Gasteiger partial charge is 0.490 e. The summed E-state index contributed by atoms with van der Waals surface area (Å²) in [4.78, 5) is 97.6. The monoisotopic (exact) mass is 1100 g/mol. The highest BCUT2D eigenvalue weighted by Crippen LogP contribution is 2.39. The smallest absolute Gasteiger partial charge is 0.256 e. The quantitative estimate of drug-likeness (QED) is 0.0335. The summed E-state index contributed by atoms with van der Waals surface area (Å²) in [6.07, 6.45) is 11.2. The fourth-order valence-corrected chi connectivity index (χ4v) is 8.09. The van der Waals surface area contributed by atoms with Crippen molar-refractivity contribution in [2.75, 3.05) is 69.9 Å². The van der Waals surface area contributed by atoms with Crippen molar-refractivity contribution in [3.05, 3.63) is 72.1 Å². The van der Waals surface area contributed by atoms with E-state index in [-0.39, 0.29) is 54.4 Å². The van der Waals surface area contributed by atoms with Crippen LogP contribution in [0.1, 0.15) is 106 Å². The molecule has 3 aliphatic rings. The molecule has 2 fully saturated rings. The maximum Gasteiger partial charge on any atom is 0.256 e. The molecule has 0 saturated carbocycles. The van der Waals surface area contributed by atoms with Crippen LogP contribution < -0.4 is 36.1 Å². The summed E-state index contributed by atoms with van der Waals surface area (Å²) in [6.45, 7) is 6.55. The number of anilines is 3. The number of amides is 5. The van der Waals surface area contributed by atoms with Crippen LogP contribution >= 0.6 is 0 Å². The maximum atomic E-state index is 13.3. The Labute approximate surface area is 462 Å². The van der Waals surface area contributed by atoms with Gasteiger partial charge in [-0.2, -0.15) is 0 Å². The number of carbonyl (C=O) groups is 8. The number of aromatic nitrogens is 1. The second kappa shape index (κ2) is 36.0. The number of hydrogen-bond donors (Lipinski definition) is 8. The lowest BCUT2D eigenvalue weighted by molar-refractivity contribution is -0.230. The van der Waals surface area contributed by atoms with Crippen LogP contribution in [0.3, 0.4) is 0 Å². The van der Waals surface area contributed by atoms with Gasteiger partial charge in [-0.25, -0.2) is 0 Å². The molecule has 2 aromatic carbocycles. The number of allylic oxidation sites excluding steroid dienone is 1. The number of aldehydes is 3. The number of carbonyl (C=O) groups excluding carboxylic acids is 8. The van der Waals surface area contributed by atoms with Crippen LogP contribution in [0.4, 0.5) is 22.7 Å². The first-order valence-electron chi connectivity index (χ1n) is 26.5. The molecule has 6 rings (SSSR count). The SMILES string of the molecule is C/C=C\C(=O)N(C=O)CCCCCC(=O)NC(C=O)C(C)C.CNCC(=O)Nc1ccc(NC)cc1.CNc1cc(C=O)n(C)c1.O=CCCCOc1cc2c(cc1OC1CC(O)C(O)C(CO)O1)C(=O)N1CCCCC1C=N2. The van der Waals surface area contributed by atoms with Gasteiger partial charge in [0, 0.05) is 83.3 Å². The summed E-state index contributed by atoms with van der Waals surface area (Å²) in [6, 6.07) is 12.0. The number of imide groups is 1. The minimum atomic E-state index is -1.23. The highest BCUT2D eigenvalue weighted by molar-refractivity contribution is 6.03. The highest BCUT2D eigenvalue weighted by atomic mass is 16.7. The van der Waals surface area contributed by atoms with Crippen molar-refractivity contribution in [1.82, 2.24) is 25.0 Å². The van der Waals surface area contributed by atoms with E-state index in [9.17, 15) is 53.7 Å². The lowest BCUT2D eigenvalue weighted by atomic mass is 10.0. The molecule has 8 N–H and O–H groups in total. The Balaban J connectivity index is 0.000000306. The molecule has 3 aliphatic heterocycles. The second-order valence-electron chi connectivity index (χ2n) is 19.0. The van der Waals surface area contributed by atoms with E-state index in [0.29, 0.717) is 80.8 Å². The van der Waals surface area contributed by atoms with Gasteiger partial charge >= 0.3 is 0 Å². The summed E-state index contributed by atoms with van der Waals surface area (Å²) in [5.41, 5.74) is 4.33. The molecule has 6 unspecified atom stereocenters. The molecule has 5 amide bonds. The van der Waals surface area contributed by atoms with Gasteiger partial charge in [-0.05, 0) is 101 Å². The number of ether oxygens (including phenoxy) is 3. The van der Waals surface area contributed by atoms with Gasteiger partial charge in [0.25, 0.3) is 11.8 Å². The zero-order valence-electron chi connectivity index (χ0n) is 46.4. The summed E-state index contributed by atoms with van der Waals surface area (Å²) >= 11 is 0. The zero-order chi connectivity index (χ0) is 58.3. The minimum absolute atomic E-state index is 0.0281. The number of piperidine rings is 1. The number of aliphatic hydroxyl groups is 3. The van der Waals surface area contributed by atoms with E-state index >= 15 is 0 Å². The Morgan fingerprint density at radius 3 is 2.24 bits per heavy atom. The predicted octanol–water partition coefficient (Wildman–Crippen LogP) is 4.18. The number of hydrogen-bond acceptors (Lipinski definition) is 18. The van der Waals surface area contributed by atoms with E-state index in [1.807, 2.05) is 70.4 Å². The fourth-order valence-electron chi connectivity index (χ4n) is 8.09. The van der Waals surface area contributed by atoms with E-state index in [0.717, 1.165) is 66.5 Å². The normalized spacial score (nSPS) is 18.4. The van der Waals surface area contributed by atoms with Gasteiger partial charge < -0.3 is 75.2 Å². The first-order chi connectivity index (χ1) is 38.0. The molecule has 0 aliphatic carbocycles. The maximum absolute atomic E-state index is 13.3. The summed E-state index contributed by atoms with van der Waals surface area (Å²) < 4.78 is 19.2. The number of rotatable bonds is 25. The van der Waals surface area contributed by atoms with Crippen molar-refractivity contribution in [3.63, 3.8) is 0 Å². The number of aliphatic hydroxyl groups excluding tert-OH is 3. The minimum Gasteiger partial charge on any atom is -0.490 e. The molecule has 4 heterocycles. The Morgan fingerprint density at radius 2 is 1.65 bits per heavy atom. The molecule has 434 valence electrons. The molecule has 79 heavy (non-hydrogen) atoms. The average Bonchev–Trinajstić information content (AvgIpc) is 3.94. The van der Waals surface area contributed by atoms with Gasteiger partial charge in [-0.3, -0.25) is 38.7 Å². The Bertz CT molecular complexity index is 2470. The second-order valence-corrected chi connectivity index (χ2v) is 19.0. The molecule has 3 aromatic rings. The number of unbranched alkanes of at least 4 members (excludes halogenated alkanes) is 3. The van der Waals surface area contributed by atoms with Crippen molar-refractivity contribution in [2.24, 2.45) is 18.0 Å². The number of nitrogens with one attached hydrogen (secondary N) is 5. The lowest BCUT2D eigenvalue weighted by Gasteiger charge is -2.36. The van der Waals surface area contributed by atoms with E-state index < -0.39 is 37.3 Å². The van der Waals surface area contributed by atoms with Crippen molar-refractivity contribution < 1.29 is 67.9 Å². The third kappa shape index (κ3) is 22.2. The Kier molecular flexibility index (Phi) is 30.0. The average molecular weight is 1100 g/mol. The van der Waals surface area contributed by atoms with Crippen LogP contribution in [0.25, 0.3) is 0 Å². The summed E-state index contributed by atoms with van der Waals surface area (Å²) in [5, 5.41) is 43.7. The van der Waals surface area contributed by atoms with Gasteiger partial charge in [0.2, 0.25) is 24.5 Å². The van der Waals surface area contributed by atoms with E-state index in [1.165, 1.54) is 6.08 Å². The van der Waals surface area contributed by atoms with Crippen molar-refractivity contribution >= 4 is 77.9 Å². The number of likely N-dealkylation sites (N-methyl/N-ethyl adjacent to an activating group) is 1. The zero-order valence-corrected chi connectivity index (χ0v) is 46.4. The third-order valence-electron chi connectivity index (χ3n) is 12.6. The van der Waals surface area contributed by atoms with Gasteiger partial charge in [-0.15, -0.1) is 0 Å². The molecule has 2 saturated heterocycles. The molecule has 1 aromatic heterocycles. The number of fused-ring (bicyclic) bond motifs is 2. The molecule has 23 heteroatoms. The molecular weight excluding hydrogens is 1020 g/mol. The van der Waals surface area contributed by atoms with Crippen LogP contribution in [0.15, 0.2) is 65.8 Å². The fraction of sp³-hybridized carbons (Fsp3) is 0.518. The topological polar surface area (TPSA) is 309 Å². The standard InChI is InChI=1S/C23H30N2O8.C16H26N2O4.C10H15N3O.C7H10N2O/c26-7-3-4-8-31-18-10-16-15(23(30)25-6-2-1-5-14(25)12-24-16)9-19(18)32-21-11-17(28)22(29)20(13-27)33-21;1-4-8-16(22)18(12-20)10-7-5-6-9-15(21)17-14(11-19)13(2)3;1-11-7-10(14)13-9-5-3-8(12-2)4-6-9;1-8-6-3-7(5-10)9(2)4-6/h7,9-10,12,14,17,20-22,27-29H,1-6,8,11,13H2;4,8,11-14H,5-7,9-10H2,1-3H3,(H,17,21);3-6,11-12H,7H2,1-2H3,(H,13,14);3-5,8H,1-2H3/b;8-4-;;. The number of aryl methyl sites for hydroxylation is 1. The van der Waals surface area contributed by atoms with Crippen LogP contribution in [0, 0.1) is 5.92 Å². The lowest BCUT2D eigenvalue weighted by Crippen LogP contribution is -2.51. The van der Waals surface area contributed by atoms with E-state index in [1.54, 1.807) is 49.0 Å². The van der Waals surface area contributed by atoms with E-state index in [2.05, 4.69) is 31.6 Å². The Hall–Kier alpha value is -7.31. The molecular formula is C56H81N9O14. The summed E-state index contributed by atoms with van der Waals surface area (Å²) in [5.74, 6) is -0.0369. The number of nitrogens with zero attached hydrogens (tertiary/aromatic N) is 4. The summed E-state index contributed by atoms with van der Waals surface area (Å²) in [7, 11) is 7.26. The van der Waals surface area contributed by atoms with Gasteiger partial charge in [0.05, 0.1) is 60.6 Å². The van der Waals surface area contributed by atoms with E-state index in [4.69, 9.17) is 14.2 Å². The van der Waals surface area contributed by atoms with Crippen molar-refractivity contribution in [1.29, 1.82) is 0 Å². The third-order valence-corrected chi connectivity index (χ3v) is 12.6. The first kappa shape index (κ1) is 66.0. The molecule has 0 bridgehead atoms. The highest BCUT2D eigenvalue weighted by Gasteiger charge is 2.38. The van der Waals surface area contributed by atoms with Gasteiger partial charge in [0.15, 0.2) is 17.8 Å². The van der Waals surface area contributed by atoms with Crippen LogP contribution in [0.5, 0.6) is 11.5 Å². The molecule has 6 atom stereocenters. The van der Waals surface area contributed by atoms with Crippen LogP contribution in [0.2, 0.25) is 0 Å². The molecule has 0 radical (unpaired) electrons. The number of benzene rings is 2. The molecule has 23 nitrogen and oxygen atoms in total. The number of aliphatic imine (C=N–C) groups is 1. The van der Waals surface area contributed by atoms with Gasteiger partial charge in [0.1, 0.15) is 24.8 Å². The van der Waals surface area contributed by atoms with Crippen molar-refractivity contribution in [3.8, 4) is 11.5 Å². The van der Waals surface area contributed by atoms with Crippen molar-refractivity contribution in [2.45, 2.75) is 122 Å². The molecule has 0 spiro atoms. The van der Waals surface area contributed by atoms with Crippen LogP contribution in [-0.2, 0) is 40.6 Å². The Morgan fingerprint density at radius 1 is 0.924 bits per heavy atom.